The van der Waals surface area contributed by atoms with Crippen molar-refractivity contribution >= 4 is 10.0 Å². The first-order chi connectivity index (χ1) is 7.81. The van der Waals surface area contributed by atoms with E-state index in [1.807, 2.05) is 13.8 Å². The molecule has 96 valence electrons. The molecule has 0 saturated carbocycles. The van der Waals surface area contributed by atoms with Crippen molar-refractivity contribution in [2.24, 2.45) is 5.92 Å². The molecular formula is C12H19NO3S. The first-order valence-electron chi connectivity index (χ1n) is 5.53. The lowest BCUT2D eigenvalue weighted by molar-refractivity contribution is 0.458. The smallest absolute Gasteiger partial charge is 0.214 e. The van der Waals surface area contributed by atoms with Crippen molar-refractivity contribution in [3.63, 3.8) is 0 Å². The van der Waals surface area contributed by atoms with E-state index in [9.17, 15) is 8.42 Å². The molecule has 0 aliphatic heterocycles. The highest BCUT2D eigenvalue weighted by molar-refractivity contribution is 7.89. The molecule has 0 aliphatic rings. The van der Waals surface area contributed by atoms with Crippen molar-refractivity contribution < 1.29 is 13.5 Å². The van der Waals surface area contributed by atoms with Crippen molar-refractivity contribution in [1.82, 2.24) is 4.31 Å². The minimum atomic E-state index is -3.20. The Morgan fingerprint density at radius 2 is 1.76 bits per heavy atom. The summed E-state index contributed by atoms with van der Waals surface area (Å²) in [5, 5.41) is 9.14. The van der Waals surface area contributed by atoms with Gasteiger partial charge in [0.05, 0.1) is 5.75 Å². The molecule has 0 radical (unpaired) electrons. The molecule has 1 rings (SSSR count). The van der Waals surface area contributed by atoms with E-state index in [1.54, 1.807) is 31.3 Å². The van der Waals surface area contributed by atoms with Crippen LogP contribution in [0.1, 0.15) is 19.4 Å². The van der Waals surface area contributed by atoms with Gasteiger partial charge in [-0.3, -0.25) is 0 Å². The Morgan fingerprint density at radius 1 is 1.24 bits per heavy atom. The van der Waals surface area contributed by atoms with Crippen LogP contribution >= 0.6 is 0 Å². The molecule has 5 heteroatoms. The van der Waals surface area contributed by atoms with Gasteiger partial charge >= 0.3 is 0 Å². The highest BCUT2D eigenvalue weighted by atomic mass is 32.2. The SMILES string of the molecule is CC(C)CS(=O)(=O)N(C)Cc1ccc(O)cc1. The van der Waals surface area contributed by atoms with E-state index in [4.69, 9.17) is 5.11 Å². The molecule has 0 aliphatic carbocycles. The number of aromatic hydroxyl groups is 1. The molecule has 1 aromatic rings. The van der Waals surface area contributed by atoms with Crippen LogP contribution in [0.3, 0.4) is 0 Å². The fourth-order valence-electron chi connectivity index (χ4n) is 1.51. The topological polar surface area (TPSA) is 57.6 Å². The van der Waals surface area contributed by atoms with Gasteiger partial charge in [0, 0.05) is 13.6 Å². The average Bonchev–Trinajstić information content (AvgIpc) is 2.19. The third-order valence-corrected chi connectivity index (χ3v) is 4.53. The first kappa shape index (κ1) is 14.0. The second-order valence-corrected chi connectivity index (χ2v) is 6.72. The van der Waals surface area contributed by atoms with Crippen molar-refractivity contribution in [3.05, 3.63) is 29.8 Å². The van der Waals surface area contributed by atoms with E-state index in [0.29, 0.717) is 6.54 Å². The van der Waals surface area contributed by atoms with Crippen molar-refractivity contribution in [2.45, 2.75) is 20.4 Å². The Morgan fingerprint density at radius 3 is 2.24 bits per heavy atom. The molecule has 0 heterocycles. The van der Waals surface area contributed by atoms with Crippen LogP contribution in [0.2, 0.25) is 0 Å². The van der Waals surface area contributed by atoms with Gasteiger partial charge in [-0.15, -0.1) is 0 Å². The minimum absolute atomic E-state index is 0.113. The highest BCUT2D eigenvalue weighted by Gasteiger charge is 2.19. The van der Waals surface area contributed by atoms with Gasteiger partial charge in [0.2, 0.25) is 10.0 Å². The number of hydrogen-bond donors (Lipinski definition) is 1. The summed E-state index contributed by atoms with van der Waals surface area (Å²) >= 11 is 0. The number of hydrogen-bond acceptors (Lipinski definition) is 3. The largest absolute Gasteiger partial charge is 0.508 e. The van der Waals surface area contributed by atoms with E-state index in [2.05, 4.69) is 0 Å². The number of phenolic OH excluding ortho intramolecular Hbond substituents is 1. The molecule has 0 unspecified atom stereocenters. The third kappa shape index (κ3) is 4.36. The lowest BCUT2D eigenvalue weighted by Gasteiger charge is -2.18. The Kier molecular flexibility index (Phi) is 4.54. The molecule has 0 saturated heterocycles. The second kappa shape index (κ2) is 5.51. The van der Waals surface area contributed by atoms with Gasteiger partial charge in [-0.25, -0.2) is 12.7 Å². The van der Waals surface area contributed by atoms with Crippen LogP contribution in [0.5, 0.6) is 5.75 Å². The fraction of sp³-hybridized carbons (Fsp3) is 0.500. The molecule has 0 bridgehead atoms. The monoisotopic (exact) mass is 257 g/mol. The maximum absolute atomic E-state index is 11.9. The standard InChI is InChI=1S/C12H19NO3S/c1-10(2)9-17(15,16)13(3)8-11-4-6-12(14)7-5-11/h4-7,10,14H,8-9H2,1-3H3. The van der Waals surface area contributed by atoms with Gasteiger partial charge in [0.25, 0.3) is 0 Å². The molecule has 1 aromatic carbocycles. The van der Waals surface area contributed by atoms with Crippen LogP contribution in [-0.4, -0.2) is 30.6 Å². The van der Waals surface area contributed by atoms with Crippen LogP contribution in [-0.2, 0) is 16.6 Å². The van der Waals surface area contributed by atoms with Gasteiger partial charge in [-0.05, 0) is 23.6 Å². The van der Waals surface area contributed by atoms with E-state index in [1.165, 1.54) is 4.31 Å². The summed E-state index contributed by atoms with van der Waals surface area (Å²) in [6.07, 6.45) is 0. The normalized spacial score (nSPS) is 12.3. The summed E-state index contributed by atoms with van der Waals surface area (Å²) < 4.78 is 25.1. The zero-order valence-corrected chi connectivity index (χ0v) is 11.2. The van der Waals surface area contributed by atoms with Crippen LogP contribution in [0.4, 0.5) is 0 Å². The van der Waals surface area contributed by atoms with Gasteiger partial charge in [-0.1, -0.05) is 26.0 Å². The van der Waals surface area contributed by atoms with Crippen molar-refractivity contribution in [1.29, 1.82) is 0 Å². The Labute approximate surface area is 103 Å². The summed E-state index contributed by atoms with van der Waals surface area (Å²) in [5.74, 6) is 0.449. The number of rotatable bonds is 5. The Bertz CT molecular complexity index is 451. The molecule has 1 N–H and O–H groups in total. The quantitative estimate of drug-likeness (QED) is 0.875. The Hall–Kier alpha value is -1.07. The molecule has 0 spiro atoms. The molecular weight excluding hydrogens is 238 g/mol. The summed E-state index contributed by atoms with van der Waals surface area (Å²) in [6, 6.07) is 6.55. The van der Waals surface area contributed by atoms with Crippen LogP contribution in [0.25, 0.3) is 0 Å². The summed E-state index contributed by atoms with van der Waals surface area (Å²) in [6.45, 7) is 4.09. The van der Waals surface area contributed by atoms with Crippen molar-refractivity contribution in [3.8, 4) is 5.75 Å². The van der Waals surface area contributed by atoms with Crippen LogP contribution in [0, 0.1) is 5.92 Å². The fourth-order valence-corrected chi connectivity index (χ4v) is 2.95. The van der Waals surface area contributed by atoms with Crippen LogP contribution in [0.15, 0.2) is 24.3 Å². The molecule has 0 aromatic heterocycles. The lowest BCUT2D eigenvalue weighted by atomic mass is 10.2. The lowest BCUT2D eigenvalue weighted by Crippen LogP contribution is -2.30. The number of phenols is 1. The third-order valence-electron chi connectivity index (χ3n) is 2.36. The van der Waals surface area contributed by atoms with Gasteiger partial charge in [0.15, 0.2) is 0 Å². The molecule has 0 fully saturated rings. The zero-order valence-electron chi connectivity index (χ0n) is 10.4. The Balaban J connectivity index is 2.72. The van der Waals surface area contributed by atoms with E-state index in [0.717, 1.165) is 5.56 Å². The maximum atomic E-state index is 11.9. The minimum Gasteiger partial charge on any atom is -0.508 e. The second-order valence-electron chi connectivity index (χ2n) is 4.59. The molecule has 17 heavy (non-hydrogen) atoms. The number of nitrogens with zero attached hydrogens (tertiary/aromatic N) is 1. The van der Waals surface area contributed by atoms with E-state index in [-0.39, 0.29) is 17.4 Å². The summed E-state index contributed by atoms with van der Waals surface area (Å²) in [7, 11) is -1.62. The van der Waals surface area contributed by atoms with Gasteiger partial charge < -0.3 is 5.11 Å². The first-order valence-corrected chi connectivity index (χ1v) is 7.14. The summed E-state index contributed by atoms with van der Waals surface area (Å²) in [4.78, 5) is 0. The molecule has 4 nitrogen and oxygen atoms in total. The number of sulfonamides is 1. The average molecular weight is 257 g/mol. The molecule has 0 atom stereocenters. The van der Waals surface area contributed by atoms with Gasteiger partial charge in [0.1, 0.15) is 5.75 Å². The highest BCUT2D eigenvalue weighted by Crippen LogP contribution is 2.13. The van der Waals surface area contributed by atoms with Crippen molar-refractivity contribution in [2.75, 3.05) is 12.8 Å². The van der Waals surface area contributed by atoms with Crippen LogP contribution < -0.4 is 0 Å². The summed E-state index contributed by atoms with van der Waals surface area (Å²) in [5.41, 5.74) is 0.859. The maximum Gasteiger partial charge on any atom is 0.214 e. The predicted octanol–water partition coefficient (Wildman–Crippen LogP) is 1.81. The number of benzene rings is 1. The van der Waals surface area contributed by atoms with Gasteiger partial charge in [-0.2, -0.15) is 0 Å². The van der Waals surface area contributed by atoms with E-state index >= 15 is 0 Å². The zero-order chi connectivity index (χ0) is 13.1. The molecule has 0 amide bonds. The predicted molar refractivity (Wildman–Crippen MR) is 68.2 cm³/mol. The van der Waals surface area contributed by atoms with E-state index < -0.39 is 10.0 Å².